The van der Waals surface area contributed by atoms with Gasteiger partial charge < -0.3 is 13.9 Å². The Morgan fingerprint density at radius 2 is 1.85 bits per heavy atom. The molecule has 0 atom stereocenters. The van der Waals surface area contributed by atoms with Crippen LogP contribution in [0.25, 0.3) is 11.5 Å². The van der Waals surface area contributed by atoms with E-state index in [1.54, 1.807) is 14.2 Å². The maximum absolute atomic E-state index is 5.60. The summed E-state index contributed by atoms with van der Waals surface area (Å²) in [7, 11) is 3.25. The molecule has 0 radical (unpaired) electrons. The third-order valence-corrected chi connectivity index (χ3v) is 4.68. The van der Waals surface area contributed by atoms with Crippen LogP contribution in [0.5, 0.6) is 11.5 Å². The first-order valence-corrected chi connectivity index (χ1v) is 8.95. The number of rotatable bonds is 6. The molecule has 0 bridgehead atoms. The number of aryl methyl sites for hydroxylation is 2. The Bertz CT molecular complexity index is 950. The number of nitrogens with zero attached hydrogens (tertiary/aromatic N) is 2. The summed E-state index contributed by atoms with van der Waals surface area (Å²) in [5.41, 5.74) is 6.67. The average Bonchev–Trinajstić information content (AvgIpc) is 3.28. The first kappa shape index (κ1) is 21.0. The summed E-state index contributed by atoms with van der Waals surface area (Å²) in [5, 5.41) is 7.09. The van der Waals surface area contributed by atoms with E-state index in [1.807, 2.05) is 50.4 Å². The van der Waals surface area contributed by atoms with Gasteiger partial charge in [0.15, 0.2) is 17.3 Å². The van der Waals surface area contributed by atoms with Crippen molar-refractivity contribution >= 4 is 39.2 Å². The zero-order valence-corrected chi connectivity index (χ0v) is 18.4. The number of furan rings is 1. The van der Waals surface area contributed by atoms with Crippen molar-refractivity contribution in [1.29, 1.82) is 0 Å². The summed E-state index contributed by atoms with van der Waals surface area (Å²) in [6.45, 7) is 5.86. The van der Waals surface area contributed by atoms with Crippen LogP contribution in [0.3, 0.4) is 0 Å². The fourth-order valence-electron chi connectivity index (χ4n) is 2.57. The molecule has 0 aliphatic carbocycles. The SMILES string of the molecule is Br.COc1cc(C)c(/C(C)=N/Nc2nc(-c3ccc(C)o3)cs2)cc1OC. The zero-order chi connectivity index (χ0) is 18.7. The van der Waals surface area contributed by atoms with E-state index in [2.05, 4.69) is 15.5 Å². The number of nitrogens with one attached hydrogen (secondary N) is 1. The molecule has 0 amide bonds. The van der Waals surface area contributed by atoms with Gasteiger partial charge in [0, 0.05) is 10.9 Å². The maximum Gasteiger partial charge on any atom is 0.204 e. The van der Waals surface area contributed by atoms with Crippen LogP contribution in [-0.2, 0) is 0 Å². The Morgan fingerprint density at radius 3 is 2.48 bits per heavy atom. The van der Waals surface area contributed by atoms with E-state index >= 15 is 0 Å². The predicted molar refractivity (Wildman–Crippen MR) is 115 cm³/mol. The van der Waals surface area contributed by atoms with E-state index < -0.39 is 0 Å². The minimum Gasteiger partial charge on any atom is -0.493 e. The van der Waals surface area contributed by atoms with Crippen LogP contribution in [0.15, 0.2) is 39.2 Å². The van der Waals surface area contributed by atoms with Crippen molar-refractivity contribution in [2.75, 3.05) is 19.6 Å². The van der Waals surface area contributed by atoms with Gasteiger partial charge in [0.2, 0.25) is 5.13 Å². The Kier molecular flexibility index (Phi) is 7.04. The molecule has 0 aliphatic heterocycles. The third-order valence-electron chi connectivity index (χ3n) is 3.94. The van der Waals surface area contributed by atoms with Gasteiger partial charge in [-0.25, -0.2) is 4.98 Å². The number of halogens is 1. The molecule has 1 aromatic carbocycles. The minimum absolute atomic E-state index is 0. The summed E-state index contributed by atoms with van der Waals surface area (Å²) < 4.78 is 16.3. The number of thiazole rings is 1. The van der Waals surface area contributed by atoms with E-state index in [-0.39, 0.29) is 17.0 Å². The van der Waals surface area contributed by atoms with Crippen LogP contribution in [0.1, 0.15) is 23.8 Å². The van der Waals surface area contributed by atoms with Gasteiger partial charge in [-0.1, -0.05) is 0 Å². The number of hydrogen-bond acceptors (Lipinski definition) is 7. The topological polar surface area (TPSA) is 68.9 Å². The Labute approximate surface area is 173 Å². The number of methoxy groups -OCH3 is 2. The summed E-state index contributed by atoms with van der Waals surface area (Å²) in [5.74, 6) is 2.99. The van der Waals surface area contributed by atoms with Crippen LogP contribution in [0.4, 0.5) is 5.13 Å². The Balaban J connectivity index is 0.00000261. The van der Waals surface area contributed by atoms with Crippen LogP contribution < -0.4 is 14.9 Å². The second-order valence-electron chi connectivity index (χ2n) is 5.78. The summed E-state index contributed by atoms with van der Waals surface area (Å²) in [6.07, 6.45) is 0. The number of anilines is 1. The molecular weight excluding hydrogens is 430 g/mol. The first-order valence-electron chi connectivity index (χ1n) is 8.07. The first-order chi connectivity index (χ1) is 12.5. The number of aromatic nitrogens is 1. The lowest BCUT2D eigenvalue weighted by atomic mass is 10.0. The lowest BCUT2D eigenvalue weighted by molar-refractivity contribution is 0.354. The molecule has 3 aromatic rings. The lowest BCUT2D eigenvalue weighted by Gasteiger charge is -2.12. The lowest BCUT2D eigenvalue weighted by Crippen LogP contribution is -2.03. The van der Waals surface area contributed by atoms with Gasteiger partial charge in [0.05, 0.1) is 19.9 Å². The van der Waals surface area contributed by atoms with E-state index in [1.165, 1.54) is 11.3 Å². The van der Waals surface area contributed by atoms with Crippen molar-refractivity contribution in [1.82, 2.24) is 4.98 Å². The van der Waals surface area contributed by atoms with Crippen LogP contribution in [0, 0.1) is 13.8 Å². The van der Waals surface area contributed by atoms with Crippen molar-refractivity contribution in [3.63, 3.8) is 0 Å². The van der Waals surface area contributed by atoms with Crippen molar-refractivity contribution in [2.45, 2.75) is 20.8 Å². The van der Waals surface area contributed by atoms with E-state index in [4.69, 9.17) is 13.9 Å². The second kappa shape index (κ2) is 9.05. The van der Waals surface area contributed by atoms with Crippen LogP contribution in [0.2, 0.25) is 0 Å². The van der Waals surface area contributed by atoms with Crippen LogP contribution >= 0.6 is 28.3 Å². The molecule has 0 spiro atoms. The molecule has 2 aromatic heterocycles. The van der Waals surface area contributed by atoms with Crippen molar-refractivity contribution in [3.8, 4) is 23.0 Å². The predicted octanol–water partition coefficient (Wildman–Crippen LogP) is 5.45. The molecule has 0 saturated carbocycles. The fourth-order valence-corrected chi connectivity index (χ4v) is 3.21. The Hall–Kier alpha value is -2.32. The molecule has 144 valence electrons. The van der Waals surface area contributed by atoms with Gasteiger partial charge in [-0.2, -0.15) is 5.10 Å². The maximum atomic E-state index is 5.60. The normalized spacial score (nSPS) is 11.1. The van der Waals surface area contributed by atoms with Gasteiger partial charge >= 0.3 is 0 Å². The van der Waals surface area contributed by atoms with Gasteiger partial charge in [-0.05, 0) is 50.6 Å². The third kappa shape index (κ3) is 4.70. The standard InChI is InChI=1S/C19H21N3O3S.BrH/c1-11-8-17(23-4)18(24-5)9-14(11)13(3)21-22-19-20-15(10-26-19)16-7-6-12(2)25-16;/h6-10H,1-5H3,(H,20,22);1H/b21-13+;. The number of hydrogen-bond donors (Lipinski definition) is 1. The molecule has 27 heavy (non-hydrogen) atoms. The highest BCUT2D eigenvalue weighted by Crippen LogP contribution is 2.31. The van der Waals surface area contributed by atoms with Crippen LogP contribution in [-0.4, -0.2) is 24.9 Å². The van der Waals surface area contributed by atoms with Gasteiger partial charge in [-0.3, -0.25) is 5.43 Å². The highest BCUT2D eigenvalue weighted by Gasteiger charge is 2.11. The van der Waals surface area contributed by atoms with Crippen molar-refractivity contribution < 1.29 is 13.9 Å². The van der Waals surface area contributed by atoms with Crippen molar-refractivity contribution in [2.24, 2.45) is 5.10 Å². The molecule has 0 fully saturated rings. The number of ether oxygens (including phenoxy) is 2. The molecule has 6 nitrogen and oxygen atoms in total. The second-order valence-corrected chi connectivity index (χ2v) is 6.64. The van der Waals surface area contributed by atoms with Gasteiger partial charge in [0.25, 0.3) is 0 Å². The van der Waals surface area contributed by atoms with Gasteiger partial charge in [0.1, 0.15) is 11.5 Å². The molecule has 3 rings (SSSR count). The fraction of sp³-hybridized carbons (Fsp3) is 0.263. The number of hydrazone groups is 1. The Morgan fingerprint density at radius 1 is 1.15 bits per heavy atom. The van der Waals surface area contributed by atoms with E-state index in [0.717, 1.165) is 34.1 Å². The van der Waals surface area contributed by atoms with E-state index in [9.17, 15) is 0 Å². The van der Waals surface area contributed by atoms with E-state index in [0.29, 0.717) is 16.6 Å². The minimum atomic E-state index is 0. The monoisotopic (exact) mass is 451 g/mol. The summed E-state index contributed by atoms with van der Waals surface area (Å²) in [6, 6.07) is 7.70. The smallest absolute Gasteiger partial charge is 0.204 e. The molecule has 1 N–H and O–H groups in total. The molecule has 0 aliphatic rings. The average molecular weight is 452 g/mol. The molecule has 0 saturated heterocycles. The highest BCUT2D eigenvalue weighted by atomic mass is 79.9. The zero-order valence-electron chi connectivity index (χ0n) is 15.8. The summed E-state index contributed by atoms with van der Waals surface area (Å²) in [4.78, 5) is 4.50. The number of benzene rings is 1. The van der Waals surface area contributed by atoms with Crippen molar-refractivity contribution in [3.05, 3.63) is 46.5 Å². The molecule has 2 heterocycles. The summed E-state index contributed by atoms with van der Waals surface area (Å²) >= 11 is 1.47. The molecule has 0 unspecified atom stereocenters. The molecular formula is C19H22BrN3O3S. The largest absolute Gasteiger partial charge is 0.493 e. The quantitative estimate of drug-likeness (QED) is 0.398. The molecule has 8 heteroatoms. The highest BCUT2D eigenvalue weighted by molar-refractivity contribution is 8.93. The van der Waals surface area contributed by atoms with Gasteiger partial charge in [-0.15, -0.1) is 28.3 Å².